The first kappa shape index (κ1) is 9.68. The van der Waals surface area contributed by atoms with E-state index in [9.17, 15) is 4.79 Å². The van der Waals surface area contributed by atoms with Gasteiger partial charge in [0.1, 0.15) is 0 Å². The van der Waals surface area contributed by atoms with Crippen LogP contribution in [0.4, 0.5) is 0 Å². The van der Waals surface area contributed by atoms with Crippen molar-refractivity contribution in [2.75, 3.05) is 0 Å². The van der Waals surface area contributed by atoms with Crippen molar-refractivity contribution in [1.82, 2.24) is 5.32 Å². The van der Waals surface area contributed by atoms with Crippen molar-refractivity contribution in [3.8, 4) is 0 Å². The van der Waals surface area contributed by atoms with Crippen molar-refractivity contribution in [2.45, 2.75) is 32.4 Å². The minimum atomic E-state index is 0.0177. The Balaban J connectivity index is 2.04. The predicted octanol–water partition coefficient (Wildman–Crippen LogP) is 1.19. The van der Waals surface area contributed by atoms with Crippen LogP contribution in [0.15, 0.2) is 6.07 Å². The van der Waals surface area contributed by atoms with Gasteiger partial charge in [-0.25, -0.2) is 0 Å². The molecule has 0 bridgehead atoms. The van der Waals surface area contributed by atoms with E-state index in [1.54, 1.807) is 11.3 Å². The topological polar surface area (TPSA) is 55.1 Å². The summed E-state index contributed by atoms with van der Waals surface area (Å²) in [4.78, 5) is 13.6. The lowest BCUT2D eigenvalue weighted by Crippen LogP contribution is -2.28. The van der Waals surface area contributed by atoms with E-state index in [0.29, 0.717) is 0 Å². The van der Waals surface area contributed by atoms with Crippen LogP contribution in [0.25, 0.3) is 0 Å². The van der Waals surface area contributed by atoms with Gasteiger partial charge in [-0.05, 0) is 31.9 Å². The van der Waals surface area contributed by atoms with Gasteiger partial charge < -0.3 is 11.1 Å². The number of rotatable bonds is 2. The quantitative estimate of drug-likeness (QED) is 0.770. The number of nitrogens with two attached hydrogens (primary N) is 1. The number of amides is 1. The third-order valence-corrected chi connectivity index (χ3v) is 3.70. The van der Waals surface area contributed by atoms with Crippen molar-refractivity contribution in [3.05, 3.63) is 21.4 Å². The van der Waals surface area contributed by atoms with Crippen LogP contribution in [0.5, 0.6) is 0 Å². The zero-order valence-corrected chi connectivity index (χ0v) is 9.15. The number of hydrogen-bond acceptors (Lipinski definition) is 3. The van der Waals surface area contributed by atoms with E-state index in [-0.39, 0.29) is 18.0 Å². The molecule has 2 atom stereocenters. The molecule has 0 aromatic carbocycles. The van der Waals surface area contributed by atoms with E-state index in [2.05, 4.69) is 5.32 Å². The lowest BCUT2D eigenvalue weighted by Gasteiger charge is -1.99. The van der Waals surface area contributed by atoms with E-state index in [0.717, 1.165) is 11.3 Å². The van der Waals surface area contributed by atoms with E-state index in [1.165, 1.54) is 10.4 Å². The van der Waals surface area contributed by atoms with E-state index < -0.39 is 0 Å². The highest BCUT2D eigenvalue weighted by molar-refractivity contribution is 7.14. The lowest BCUT2D eigenvalue weighted by molar-refractivity contribution is 0.0954. The van der Waals surface area contributed by atoms with E-state index >= 15 is 0 Å². The van der Waals surface area contributed by atoms with Crippen LogP contribution in [0.3, 0.4) is 0 Å². The van der Waals surface area contributed by atoms with Gasteiger partial charge in [0.05, 0.1) is 4.88 Å². The summed E-state index contributed by atoms with van der Waals surface area (Å²) in [6.45, 7) is 4.05. The van der Waals surface area contributed by atoms with Gasteiger partial charge in [0.25, 0.3) is 5.91 Å². The maximum absolute atomic E-state index is 11.6. The Morgan fingerprint density at radius 3 is 2.71 bits per heavy atom. The summed E-state index contributed by atoms with van der Waals surface area (Å²) in [7, 11) is 0. The molecule has 1 aromatic heterocycles. The van der Waals surface area contributed by atoms with Gasteiger partial charge in [-0.2, -0.15) is 0 Å². The van der Waals surface area contributed by atoms with Gasteiger partial charge in [-0.15, -0.1) is 11.3 Å². The molecule has 0 aliphatic heterocycles. The number of aryl methyl sites for hydroxylation is 2. The van der Waals surface area contributed by atoms with Gasteiger partial charge in [0.15, 0.2) is 0 Å². The Bertz CT molecular complexity index is 353. The molecule has 0 spiro atoms. The standard InChI is InChI=1S/C10H14N2OS/c1-5-3-9(14-6(5)2)10(13)12-8-4-7(8)11/h3,7-8H,4,11H2,1-2H3,(H,12,13). The highest BCUT2D eigenvalue weighted by atomic mass is 32.1. The molecule has 1 fully saturated rings. The Morgan fingerprint density at radius 1 is 1.64 bits per heavy atom. The molecule has 1 aromatic rings. The van der Waals surface area contributed by atoms with Gasteiger partial charge >= 0.3 is 0 Å². The molecule has 2 unspecified atom stereocenters. The Hall–Kier alpha value is -0.870. The smallest absolute Gasteiger partial charge is 0.261 e. The van der Waals surface area contributed by atoms with Gasteiger partial charge in [0, 0.05) is 17.0 Å². The summed E-state index contributed by atoms with van der Waals surface area (Å²) in [5, 5.41) is 2.91. The molecule has 3 nitrogen and oxygen atoms in total. The zero-order valence-electron chi connectivity index (χ0n) is 8.33. The van der Waals surface area contributed by atoms with Crippen LogP contribution in [0.2, 0.25) is 0 Å². The summed E-state index contributed by atoms with van der Waals surface area (Å²) in [5.74, 6) is 0.0177. The largest absolute Gasteiger partial charge is 0.347 e. The summed E-state index contributed by atoms with van der Waals surface area (Å²) in [6, 6.07) is 2.30. The number of hydrogen-bond donors (Lipinski definition) is 2. The normalized spacial score (nSPS) is 24.8. The summed E-state index contributed by atoms with van der Waals surface area (Å²) in [6.07, 6.45) is 0.912. The van der Waals surface area contributed by atoms with Crippen molar-refractivity contribution in [3.63, 3.8) is 0 Å². The molecule has 1 saturated carbocycles. The van der Waals surface area contributed by atoms with Crippen LogP contribution < -0.4 is 11.1 Å². The molecular weight excluding hydrogens is 196 g/mol. The molecule has 14 heavy (non-hydrogen) atoms. The lowest BCUT2D eigenvalue weighted by atomic mass is 10.3. The first-order valence-corrected chi connectivity index (χ1v) is 5.53. The van der Waals surface area contributed by atoms with Gasteiger partial charge in [-0.3, -0.25) is 4.79 Å². The fourth-order valence-electron chi connectivity index (χ4n) is 1.31. The fourth-order valence-corrected chi connectivity index (χ4v) is 2.24. The fraction of sp³-hybridized carbons (Fsp3) is 0.500. The van der Waals surface area contributed by atoms with Gasteiger partial charge in [0.2, 0.25) is 0 Å². The molecule has 1 aliphatic rings. The third-order valence-electron chi connectivity index (χ3n) is 2.55. The first-order chi connectivity index (χ1) is 6.58. The Kier molecular flexibility index (Phi) is 2.33. The highest BCUT2D eigenvalue weighted by Crippen LogP contribution is 2.23. The second kappa shape index (κ2) is 3.37. The molecular formula is C10H14N2OS. The molecule has 1 amide bonds. The number of carbonyl (C=O) groups excluding carboxylic acids is 1. The first-order valence-electron chi connectivity index (χ1n) is 4.71. The Labute approximate surface area is 87.3 Å². The molecule has 1 heterocycles. The van der Waals surface area contributed by atoms with Crippen LogP contribution in [-0.2, 0) is 0 Å². The van der Waals surface area contributed by atoms with Crippen molar-refractivity contribution in [1.29, 1.82) is 0 Å². The van der Waals surface area contributed by atoms with Crippen LogP contribution in [-0.4, -0.2) is 18.0 Å². The third kappa shape index (κ3) is 1.81. The van der Waals surface area contributed by atoms with Crippen molar-refractivity contribution in [2.24, 2.45) is 5.73 Å². The highest BCUT2D eigenvalue weighted by Gasteiger charge is 2.35. The molecule has 0 radical (unpaired) electrons. The maximum Gasteiger partial charge on any atom is 0.261 e. The number of nitrogens with one attached hydrogen (secondary N) is 1. The number of thiophene rings is 1. The van der Waals surface area contributed by atoms with Crippen molar-refractivity contribution >= 4 is 17.2 Å². The van der Waals surface area contributed by atoms with E-state index in [1.807, 2.05) is 19.9 Å². The molecule has 0 saturated heterocycles. The average Bonchev–Trinajstić information content (AvgIpc) is 2.68. The van der Waals surface area contributed by atoms with Crippen LogP contribution in [0.1, 0.15) is 26.5 Å². The molecule has 76 valence electrons. The average molecular weight is 210 g/mol. The summed E-state index contributed by atoms with van der Waals surface area (Å²) in [5.41, 5.74) is 6.80. The second-order valence-electron chi connectivity index (χ2n) is 3.83. The number of carbonyl (C=O) groups is 1. The monoisotopic (exact) mass is 210 g/mol. The second-order valence-corrected chi connectivity index (χ2v) is 5.09. The SMILES string of the molecule is Cc1cc(C(=O)NC2CC2N)sc1C. The summed E-state index contributed by atoms with van der Waals surface area (Å²) >= 11 is 1.54. The van der Waals surface area contributed by atoms with Crippen LogP contribution >= 0.6 is 11.3 Å². The minimum absolute atomic E-state index is 0.0177. The van der Waals surface area contributed by atoms with Crippen molar-refractivity contribution < 1.29 is 4.79 Å². The van der Waals surface area contributed by atoms with Gasteiger partial charge in [-0.1, -0.05) is 0 Å². The molecule has 1 aliphatic carbocycles. The van der Waals surface area contributed by atoms with E-state index in [4.69, 9.17) is 5.73 Å². The predicted molar refractivity (Wildman–Crippen MR) is 57.6 cm³/mol. The van der Waals surface area contributed by atoms with Crippen LogP contribution in [0, 0.1) is 13.8 Å². The zero-order chi connectivity index (χ0) is 10.3. The molecule has 4 heteroatoms. The minimum Gasteiger partial charge on any atom is -0.347 e. The summed E-state index contributed by atoms with van der Waals surface area (Å²) < 4.78 is 0. The molecule has 3 N–H and O–H groups in total. The Morgan fingerprint density at radius 2 is 2.29 bits per heavy atom. The maximum atomic E-state index is 11.6. The molecule has 2 rings (SSSR count).